The van der Waals surface area contributed by atoms with Crippen molar-refractivity contribution in [3.8, 4) is 0 Å². The molecular weight excluding hydrogens is 270 g/mol. The van der Waals surface area contributed by atoms with Gasteiger partial charge in [-0.05, 0) is 24.1 Å². The number of nitrogens with one attached hydrogen (secondary N) is 1. The molecule has 0 radical (unpaired) electrons. The Morgan fingerprint density at radius 3 is 2.90 bits per heavy atom. The molecule has 1 amide bonds. The van der Waals surface area contributed by atoms with Gasteiger partial charge in [-0.1, -0.05) is 44.5 Å². The van der Waals surface area contributed by atoms with E-state index in [2.05, 4.69) is 24.2 Å². The molecule has 1 heterocycles. The highest BCUT2D eigenvalue weighted by Crippen LogP contribution is 2.31. The van der Waals surface area contributed by atoms with Crippen LogP contribution < -0.4 is 11.1 Å². The first-order valence-electron chi connectivity index (χ1n) is 7.02. The number of hydrogen-bond donors (Lipinski definition) is 2. The number of nitrogens with two attached hydrogens (primary N) is 1. The quantitative estimate of drug-likeness (QED) is 0.876. The molecule has 0 bridgehead atoms. The fraction of sp³-hybridized carbons (Fsp3) is 0.467. The number of amidine groups is 1. The molecule has 0 spiro atoms. The van der Waals surface area contributed by atoms with E-state index >= 15 is 0 Å². The number of carbonyl (C=O) groups excluding carboxylic acids is 1. The molecule has 0 saturated heterocycles. The van der Waals surface area contributed by atoms with Crippen molar-refractivity contribution in [3.63, 3.8) is 0 Å². The summed E-state index contributed by atoms with van der Waals surface area (Å²) in [6, 6.07) is 7.21. The molecular formula is C15H21N3OS. The van der Waals surface area contributed by atoms with Crippen molar-refractivity contribution in [1.82, 2.24) is 0 Å². The van der Waals surface area contributed by atoms with E-state index in [-0.39, 0.29) is 0 Å². The van der Waals surface area contributed by atoms with Crippen LogP contribution in [0.5, 0.6) is 0 Å². The van der Waals surface area contributed by atoms with Crippen molar-refractivity contribution >= 4 is 28.5 Å². The lowest BCUT2D eigenvalue weighted by atomic mass is 9.99. The zero-order chi connectivity index (χ0) is 14.5. The van der Waals surface area contributed by atoms with Crippen LogP contribution >= 0.6 is 11.8 Å². The number of rotatable bonds is 5. The normalized spacial score (nSPS) is 18.1. The van der Waals surface area contributed by atoms with Crippen LogP contribution in [0.25, 0.3) is 0 Å². The van der Waals surface area contributed by atoms with Gasteiger partial charge in [0.05, 0.1) is 6.54 Å². The molecule has 0 fully saturated rings. The van der Waals surface area contributed by atoms with E-state index < -0.39 is 5.91 Å². The Hall–Kier alpha value is -1.49. The maximum absolute atomic E-state index is 11.2. The van der Waals surface area contributed by atoms with Crippen molar-refractivity contribution in [1.29, 1.82) is 0 Å². The fourth-order valence-corrected chi connectivity index (χ4v) is 3.73. The highest BCUT2D eigenvalue weighted by Gasteiger charge is 2.25. The molecule has 3 N–H and O–H groups in total. The smallest absolute Gasteiger partial charge is 0.248 e. The molecule has 20 heavy (non-hydrogen) atoms. The van der Waals surface area contributed by atoms with Gasteiger partial charge in [0.15, 0.2) is 5.17 Å². The lowest BCUT2D eigenvalue weighted by Gasteiger charge is -2.18. The standard InChI is InChI=1S/C15H21N3OS/c1-3-10(4-2)13-9-17-15(20-13)18-12-7-5-6-11(8-12)14(16)19/h5-8,10,13H,3-4,9H2,1-2H3,(H2,16,19)(H,17,18). The van der Waals surface area contributed by atoms with E-state index in [4.69, 9.17) is 5.73 Å². The summed E-state index contributed by atoms with van der Waals surface area (Å²) in [5.74, 6) is 0.296. The van der Waals surface area contributed by atoms with Crippen LogP contribution in [-0.4, -0.2) is 22.9 Å². The van der Waals surface area contributed by atoms with E-state index in [1.165, 1.54) is 12.8 Å². The molecule has 1 aromatic rings. The summed E-state index contributed by atoms with van der Waals surface area (Å²) in [7, 11) is 0. The third kappa shape index (κ3) is 3.54. The van der Waals surface area contributed by atoms with Crippen molar-refractivity contribution in [3.05, 3.63) is 29.8 Å². The topological polar surface area (TPSA) is 67.5 Å². The maximum Gasteiger partial charge on any atom is 0.248 e. The van der Waals surface area contributed by atoms with E-state index in [1.54, 1.807) is 23.9 Å². The van der Waals surface area contributed by atoms with Crippen LogP contribution in [0, 0.1) is 5.92 Å². The second kappa shape index (κ2) is 6.79. The van der Waals surface area contributed by atoms with Gasteiger partial charge in [0.1, 0.15) is 0 Å². The Balaban J connectivity index is 1.98. The lowest BCUT2D eigenvalue weighted by Crippen LogP contribution is -2.17. The molecule has 1 aliphatic heterocycles. The van der Waals surface area contributed by atoms with Gasteiger partial charge in [0, 0.05) is 16.5 Å². The molecule has 0 aromatic heterocycles. The number of anilines is 1. The van der Waals surface area contributed by atoms with Gasteiger partial charge in [-0.25, -0.2) is 0 Å². The van der Waals surface area contributed by atoms with Gasteiger partial charge in [-0.15, -0.1) is 0 Å². The van der Waals surface area contributed by atoms with Crippen LogP contribution in [0.1, 0.15) is 37.0 Å². The average molecular weight is 291 g/mol. The third-order valence-electron chi connectivity index (χ3n) is 3.65. The summed E-state index contributed by atoms with van der Waals surface area (Å²) in [6.07, 6.45) is 2.38. The van der Waals surface area contributed by atoms with E-state index in [1.807, 2.05) is 12.1 Å². The van der Waals surface area contributed by atoms with Crippen molar-refractivity contribution in [2.24, 2.45) is 16.6 Å². The Labute approximate surface area is 124 Å². The largest absolute Gasteiger partial charge is 0.366 e. The van der Waals surface area contributed by atoms with Crippen LogP contribution in [-0.2, 0) is 0 Å². The Kier molecular flexibility index (Phi) is 5.06. The molecule has 1 aromatic carbocycles. The van der Waals surface area contributed by atoms with Gasteiger partial charge in [-0.3, -0.25) is 9.79 Å². The molecule has 1 unspecified atom stereocenters. The van der Waals surface area contributed by atoms with E-state index in [9.17, 15) is 4.79 Å². The number of benzene rings is 1. The predicted octanol–water partition coefficient (Wildman–Crippen LogP) is 3.11. The number of hydrogen-bond acceptors (Lipinski definition) is 4. The lowest BCUT2D eigenvalue weighted by molar-refractivity contribution is 0.100. The first kappa shape index (κ1) is 14.9. The number of nitrogens with zero attached hydrogens (tertiary/aromatic N) is 1. The van der Waals surface area contributed by atoms with Gasteiger partial charge >= 0.3 is 0 Å². The molecule has 1 atom stereocenters. The zero-order valence-corrected chi connectivity index (χ0v) is 12.7. The molecule has 2 rings (SSSR count). The second-order valence-electron chi connectivity index (χ2n) is 4.95. The summed E-state index contributed by atoms with van der Waals surface area (Å²) >= 11 is 1.80. The third-order valence-corrected chi connectivity index (χ3v) is 4.94. The average Bonchev–Trinajstić information content (AvgIpc) is 2.89. The Morgan fingerprint density at radius 1 is 1.50 bits per heavy atom. The summed E-state index contributed by atoms with van der Waals surface area (Å²) < 4.78 is 0. The van der Waals surface area contributed by atoms with Crippen molar-refractivity contribution in [2.75, 3.05) is 11.9 Å². The van der Waals surface area contributed by atoms with Gasteiger partial charge < -0.3 is 11.1 Å². The number of carbonyl (C=O) groups is 1. The van der Waals surface area contributed by atoms with Crippen LogP contribution in [0.2, 0.25) is 0 Å². The molecule has 4 nitrogen and oxygen atoms in total. The Bertz CT molecular complexity index is 512. The number of amides is 1. The van der Waals surface area contributed by atoms with E-state index in [0.717, 1.165) is 17.4 Å². The van der Waals surface area contributed by atoms with Gasteiger partial charge in [-0.2, -0.15) is 0 Å². The second-order valence-corrected chi connectivity index (χ2v) is 6.18. The fourth-order valence-electron chi connectivity index (χ4n) is 2.39. The number of thioether (sulfide) groups is 1. The molecule has 5 heteroatoms. The molecule has 108 valence electrons. The summed E-state index contributed by atoms with van der Waals surface area (Å²) in [6.45, 7) is 5.34. The Morgan fingerprint density at radius 2 is 2.25 bits per heavy atom. The summed E-state index contributed by atoms with van der Waals surface area (Å²) in [5.41, 5.74) is 6.65. The minimum Gasteiger partial charge on any atom is -0.366 e. The molecule has 0 aliphatic carbocycles. The SMILES string of the molecule is CCC(CC)C1CN=C(Nc2cccc(C(N)=O)c2)S1. The monoisotopic (exact) mass is 291 g/mol. The maximum atomic E-state index is 11.2. The van der Waals surface area contributed by atoms with Crippen LogP contribution in [0.15, 0.2) is 29.3 Å². The first-order valence-corrected chi connectivity index (χ1v) is 7.90. The zero-order valence-electron chi connectivity index (χ0n) is 11.9. The van der Waals surface area contributed by atoms with Crippen LogP contribution in [0.4, 0.5) is 5.69 Å². The first-order chi connectivity index (χ1) is 9.63. The highest BCUT2D eigenvalue weighted by molar-refractivity contribution is 8.15. The number of primary amides is 1. The van der Waals surface area contributed by atoms with Gasteiger partial charge in [0.2, 0.25) is 5.91 Å². The van der Waals surface area contributed by atoms with Crippen LogP contribution in [0.3, 0.4) is 0 Å². The van der Waals surface area contributed by atoms with Crippen molar-refractivity contribution < 1.29 is 4.79 Å². The number of aliphatic imine (C=N–C) groups is 1. The highest BCUT2D eigenvalue weighted by atomic mass is 32.2. The molecule has 0 saturated carbocycles. The minimum atomic E-state index is -0.412. The molecule has 1 aliphatic rings. The summed E-state index contributed by atoms with van der Waals surface area (Å²) in [4.78, 5) is 15.7. The predicted molar refractivity (Wildman–Crippen MR) is 86.3 cm³/mol. The van der Waals surface area contributed by atoms with Gasteiger partial charge in [0.25, 0.3) is 0 Å². The summed E-state index contributed by atoms with van der Waals surface area (Å²) in [5, 5.41) is 4.77. The van der Waals surface area contributed by atoms with E-state index in [0.29, 0.717) is 16.7 Å². The van der Waals surface area contributed by atoms with Crippen molar-refractivity contribution in [2.45, 2.75) is 31.9 Å². The minimum absolute atomic E-state index is 0.412.